The van der Waals surface area contributed by atoms with E-state index < -0.39 is 29.2 Å². The van der Waals surface area contributed by atoms with E-state index in [0.29, 0.717) is 0 Å². The first kappa shape index (κ1) is 29.9. The number of methoxy groups -OCH3 is 1. The summed E-state index contributed by atoms with van der Waals surface area (Å²) >= 11 is 0. The van der Waals surface area contributed by atoms with Gasteiger partial charge in [0.05, 0.1) is 38.4 Å². The average Bonchev–Trinajstić information content (AvgIpc) is 2.83. The molecule has 0 bridgehead atoms. The Morgan fingerprint density at radius 1 is 0.697 bits per heavy atom. The van der Waals surface area contributed by atoms with Crippen molar-refractivity contribution >= 4 is 23.7 Å². The zero-order valence-electron chi connectivity index (χ0n) is 19.0. The summed E-state index contributed by atoms with van der Waals surface area (Å²) in [5.74, 6) is -2.69. The Labute approximate surface area is 193 Å². The van der Waals surface area contributed by atoms with Crippen LogP contribution in [0.3, 0.4) is 0 Å². The highest BCUT2D eigenvalue weighted by molar-refractivity contribution is 5.90. The molecule has 0 aliphatic carbocycles. The van der Waals surface area contributed by atoms with Crippen LogP contribution in [0.1, 0.15) is 0 Å². The number of carbonyl (C=O) groups is 4. The van der Waals surface area contributed by atoms with Crippen molar-refractivity contribution in [3.8, 4) is 0 Å². The summed E-state index contributed by atoms with van der Waals surface area (Å²) < 4.78 is 31.7. The number of ketones is 1. The smallest absolute Gasteiger partial charge is 0.330 e. The second-order valence-corrected chi connectivity index (χ2v) is 6.96. The number of hydrogen-bond donors (Lipinski definition) is 0. The summed E-state index contributed by atoms with van der Waals surface area (Å²) in [7, 11) is 1.43. The summed E-state index contributed by atoms with van der Waals surface area (Å²) in [4.78, 5) is 45.9. The van der Waals surface area contributed by atoms with E-state index in [9.17, 15) is 19.2 Å². The van der Waals surface area contributed by atoms with E-state index in [4.69, 9.17) is 28.4 Å². The van der Waals surface area contributed by atoms with E-state index in [1.54, 1.807) is 0 Å². The molecular formula is C23H32O10. The Bertz CT molecular complexity index is 673. The lowest BCUT2D eigenvalue weighted by atomic mass is 9.92. The summed E-state index contributed by atoms with van der Waals surface area (Å²) in [5.41, 5.74) is -1.03. The van der Waals surface area contributed by atoms with E-state index in [0.717, 1.165) is 24.3 Å². The van der Waals surface area contributed by atoms with Gasteiger partial charge in [0.25, 0.3) is 0 Å². The third kappa shape index (κ3) is 13.8. The van der Waals surface area contributed by atoms with Crippen LogP contribution in [-0.2, 0) is 47.6 Å². The van der Waals surface area contributed by atoms with Crippen molar-refractivity contribution in [2.45, 2.75) is 0 Å². The molecule has 33 heavy (non-hydrogen) atoms. The molecule has 0 aromatic rings. The molecule has 0 aromatic heterocycles. The predicted molar refractivity (Wildman–Crippen MR) is 118 cm³/mol. The molecule has 0 fully saturated rings. The van der Waals surface area contributed by atoms with Gasteiger partial charge in [-0.3, -0.25) is 4.79 Å². The highest BCUT2D eigenvalue weighted by atomic mass is 16.6. The van der Waals surface area contributed by atoms with Gasteiger partial charge in [0, 0.05) is 31.3 Å². The summed E-state index contributed by atoms with van der Waals surface area (Å²) in [6.45, 7) is 12.9. The molecule has 0 heterocycles. The Balaban J connectivity index is 5.22. The van der Waals surface area contributed by atoms with Crippen LogP contribution in [0.15, 0.2) is 50.6 Å². The van der Waals surface area contributed by atoms with Gasteiger partial charge in [-0.2, -0.15) is 0 Å². The molecule has 184 valence electrons. The zero-order valence-corrected chi connectivity index (χ0v) is 19.0. The average molecular weight is 468 g/mol. The first-order valence-corrected chi connectivity index (χ1v) is 9.93. The second kappa shape index (κ2) is 17.5. The highest BCUT2D eigenvalue weighted by Gasteiger charge is 2.35. The molecule has 10 nitrogen and oxygen atoms in total. The Morgan fingerprint density at radius 2 is 1.21 bits per heavy atom. The molecule has 1 atom stereocenters. The van der Waals surface area contributed by atoms with Gasteiger partial charge in [-0.05, 0) is 6.08 Å². The Kier molecular flexibility index (Phi) is 15.8. The lowest BCUT2D eigenvalue weighted by Gasteiger charge is -2.32. The molecule has 0 N–H and O–H groups in total. The standard InChI is InChI=1S/C23H32O10/c1-6-19(24)13-29-10-18(12-31-20(25)7-2)11-30-15-23(14-28-5,16-32-21(26)8-3)17-33-22(27)9-4/h6-9,18H,1-4,10-17H2,5H3. The minimum Gasteiger partial charge on any atom is -0.462 e. The lowest BCUT2D eigenvalue weighted by Crippen LogP contribution is -2.43. The van der Waals surface area contributed by atoms with E-state index >= 15 is 0 Å². The van der Waals surface area contributed by atoms with E-state index in [-0.39, 0.29) is 58.6 Å². The van der Waals surface area contributed by atoms with Gasteiger partial charge in [-0.25, -0.2) is 14.4 Å². The summed E-state index contributed by atoms with van der Waals surface area (Å²) in [5, 5.41) is 0. The van der Waals surface area contributed by atoms with E-state index in [1.807, 2.05) is 0 Å². The van der Waals surface area contributed by atoms with E-state index in [2.05, 4.69) is 26.3 Å². The molecular weight excluding hydrogens is 436 g/mol. The van der Waals surface area contributed by atoms with Crippen LogP contribution in [0.25, 0.3) is 0 Å². The van der Waals surface area contributed by atoms with Crippen LogP contribution < -0.4 is 0 Å². The number of carbonyl (C=O) groups excluding carboxylic acids is 4. The number of rotatable bonds is 20. The van der Waals surface area contributed by atoms with Crippen molar-refractivity contribution in [1.82, 2.24) is 0 Å². The highest BCUT2D eigenvalue weighted by Crippen LogP contribution is 2.21. The fourth-order valence-electron chi connectivity index (χ4n) is 2.35. The summed E-state index contributed by atoms with van der Waals surface area (Å²) in [6.07, 6.45) is 4.16. The number of ether oxygens (including phenoxy) is 6. The quantitative estimate of drug-likeness (QED) is 0.146. The molecule has 0 radical (unpaired) electrons. The minimum absolute atomic E-state index is 0.0301. The summed E-state index contributed by atoms with van der Waals surface area (Å²) in [6, 6.07) is 0. The van der Waals surface area contributed by atoms with Crippen molar-refractivity contribution in [2.75, 3.05) is 60.0 Å². The molecule has 0 saturated carbocycles. The first-order chi connectivity index (χ1) is 15.7. The fourth-order valence-corrected chi connectivity index (χ4v) is 2.35. The molecule has 0 amide bonds. The van der Waals surface area contributed by atoms with Crippen LogP contribution >= 0.6 is 0 Å². The molecule has 0 rings (SSSR count). The van der Waals surface area contributed by atoms with Crippen LogP contribution in [0, 0.1) is 11.3 Å². The van der Waals surface area contributed by atoms with Crippen molar-refractivity contribution in [3.05, 3.63) is 50.6 Å². The molecule has 0 saturated heterocycles. The third-order valence-electron chi connectivity index (χ3n) is 4.04. The normalized spacial score (nSPS) is 11.5. The van der Waals surface area contributed by atoms with Gasteiger partial charge in [-0.15, -0.1) is 0 Å². The molecule has 0 aliphatic rings. The first-order valence-electron chi connectivity index (χ1n) is 9.93. The molecule has 0 aromatic carbocycles. The van der Waals surface area contributed by atoms with Crippen LogP contribution in [0.2, 0.25) is 0 Å². The minimum atomic E-state index is -1.03. The Morgan fingerprint density at radius 3 is 1.70 bits per heavy atom. The number of hydrogen-bond acceptors (Lipinski definition) is 10. The van der Waals surface area contributed by atoms with E-state index in [1.165, 1.54) is 7.11 Å². The van der Waals surface area contributed by atoms with Gasteiger partial charge in [0.15, 0.2) is 5.78 Å². The monoisotopic (exact) mass is 468 g/mol. The predicted octanol–water partition coefficient (Wildman–Crippen LogP) is 1.21. The fraction of sp³-hybridized carbons (Fsp3) is 0.478. The zero-order chi connectivity index (χ0) is 25.1. The maximum absolute atomic E-state index is 11.6. The van der Waals surface area contributed by atoms with Crippen LogP contribution in [0.4, 0.5) is 0 Å². The maximum atomic E-state index is 11.6. The van der Waals surface area contributed by atoms with Gasteiger partial charge in [0.1, 0.15) is 19.8 Å². The molecule has 0 spiro atoms. The SMILES string of the molecule is C=CC(=O)COCC(COCC(COC)(COC(=O)C=C)COC(=O)C=C)COC(=O)C=C. The van der Waals surface area contributed by atoms with Crippen molar-refractivity contribution in [2.24, 2.45) is 11.3 Å². The van der Waals surface area contributed by atoms with Crippen molar-refractivity contribution in [3.63, 3.8) is 0 Å². The molecule has 1 unspecified atom stereocenters. The largest absolute Gasteiger partial charge is 0.462 e. The molecule has 0 aliphatic heterocycles. The van der Waals surface area contributed by atoms with Crippen molar-refractivity contribution < 1.29 is 47.6 Å². The Hall–Kier alpha value is -3.08. The third-order valence-corrected chi connectivity index (χ3v) is 4.04. The lowest BCUT2D eigenvalue weighted by molar-refractivity contribution is -0.157. The van der Waals surface area contributed by atoms with Crippen molar-refractivity contribution in [1.29, 1.82) is 0 Å². The van der Waals surface area contributed by atoms with Gasteiger partial charge >= 0.3 is 17.9 Å². The maximum Gasteiger partial charge on any atom is 0.330 e. The topological polar surface area (TPSA) is 124 Å². The van der Waals surface area contributed by atoms with Gasteiger partial charge in [-0.1, -0.05) is 26.3 Å². The van der Waals surface area contributed by atoms with Crippen LogP contribution in [0.5, 0.6) is 0 Å². The van der Waals surface area contributed by atoms with Crippen LogP contribution in [-0.4, -0.2) is 83.7 Å². The molecule has 10 heteroatoms. The second-order valence-electron chi connectivity index (χ2n) is 6.96. The van der Waals surface area contributed by atoms with Gasteiger partial charge in [0.2, 0.25) is 0 Å². The number of esters is 3. The van der Waals surface area contributed by atoms with Gasteiger partial charge < -0.3 is 28.4 Å².